The summed E-state index contributed by atoms with van der Waals surface area (Å²) in [4.78, 5) is 29.9. The van der Waals surface area contributed by atoms with Gasteiger partial charge in [0.1, 0.15) is 13.2 Å². The van der Waals surface area contributed by atoms with E-state index >= 15 is 0 Å². The van der Waals surface area contributed by atoms with Gasteiger partial charge in [0.15, 0.2) is 0 Å². The molecule has 0 unspecified atom stereocenters. The number of carbonyl (C=O) groups excluding carboxylic acids is 2. The number of hydrogen-bond donors (Lipinski definition) is 0. The molecule has 0 aromatic heterocycles. The second kappa shape index (κ2) is 12.8. The number of ether oxygens (including phenoxy) is 1. The van der Waals surface area contributed by atoms with Gasteiger partial charge in [0.2, 0.25) is 0 Å². The Kier molecular flexibility index (Phi) is 11.7. The van der Waals surface area contributed by atoms with Crippen molar-refractivity contribution >= 4 is 11.9 Å². The standard InChI is InChI=1S/C10H14O12/c1-7(2)9(11)13-5-6-14-16-18-20-22-21-19-17-15-10(12)8(3)4/h1,3,5-6H2,2,4H3. The molecule has 0 heterocycles. The summed E-state index contributed by atoms with van der Waals surface area (Å²) in [7, 11) is 0. The molecule has 12 heteroatoms. The van der Waals surface area contributed by atoms with Gasteiger partial charge >= 0.3 is 11.9 Å². The van der Waals surface area contributed by atoms with E-state index in [4.69, 9.17) is 0 Å². The molecule has 0 fully saturated rings. The summed E-state index contributed by atoms with van der Waals surface area (Å²) in [6.45, 7) is 9.20. The lowest BCUT2D eigenvalue weighted by Gasteiger charge is -2.03. The minimum absolute atomic E-state index is 0.0589. The first-order valence-electron chi connectivity index (χ1n) is 5.43. The number of esters is 1. The Morgan fingerprint density at radius 1 is 0.727 bits per heavy atom. The normalized spacial score (nSPS) is 10.1. The predicted octanol–water partition coefficient (Wildman–Crippen LogP) is 0.678. The van der Waals surface area contributed by atoms with Crippen LogP contribution in [0.4, 0.5) is 0 Å². The smallest absolute Gasteiger partial charge is 0.371 e. The maximum atomic E-state index is 10.9. The molecule has 0 aliphatic rings. The minimum atomic E-state index is -0.898. The first-order chi connectivity index (χ1) is 10.4. The van der Waals surface area contributed by atoms with Crippen LogP contribution in [0.2, 0.25) is 0 Å². The summed E-state index contributed by atoms with van der Waals surface area (Å²) in [6, 6.07) is 0. The molecule has 126 valence electrons. The molecule has 0 atom stereocenters. The lowest BCUT2D eigenvalue weighted by Crippen LogP contribution is -2.11. The monoisotopic (exact) mass is 326 g/mol. The zero-order valence-corrected chi connectivity index (χ0v) is 11.7. The second-order valence-electron chi connectivity index (χ2n) is 3.37. The molecule has 0 spiro atoms. The van der Waals surface area contributed by atoms with Gasteiger partial charge in [-0.15, -0.1) is 0 Å². The highest BCUT2D eigenvalue weighted by Gasteiger charge is 2.05. The molecule has 0 aromatic rings. The molecular weight excluding hydrogens is 312 g/mol. The minimum Gasteiger partial charge on any atom is -0.460 e. The zero-order chi connectivity index (χ0) is 16.8. The van der Waals surface area contributed by atoms with E-state index in [1.165, 1.54) is 13.8 Å². The Bertz CT molecular complexity index is 342. The van der Waals surface area contributed by atoms with Crippen LogP contribution in [0.1, 0.15) is 13.8 Å². The molecule has 0 aromatic carbocycles. The number of hydrogen-bond acceptors (Lipinski definition) is 12. The highest BCUT2D eigenvalue weighted by molar-refractivity contribution is 5.87. The first kappa shape index (κ1) is 20.1. The molecule has 0 bridgehead atoms. The maximum Gasteiger partial charge on any atom is 0.371 e. The Labute approximate surface area is 124 Å². The van der Waals surface area contributed by atoms with Gasteiger partial charge in [-0.1, -0.05) is 13.2 Å². The Morgan fingerprint density at radius 2 is 1.23 bits per heavy atom. The summed E-state index contributed by atoms with van der Waals surface area (Å²) in [5.41, 5.74) is 0.297. The van der Waals surface area contributed by atoms with Gasteiger partial charge < -0.3 is 4.74 Å². The van der Waals surface area contributed by atoms with Crippen LogP contribution < -0.4 is 0 Å². The van der Waals surface area contributed by atoms with E-state index in [2.05, 4.69) is 62.9 Å². The van der Waals surface area contributed by atoms with Gasteiger partial charge in [0.05, 0.1) is 0 Å². The summed E-state index contributed by atoms with van der Waals surface area (Å²) in [5, 5.41) is 26.1. The fourth-order valence-corrected chi connectivity index (χ4v) is 0.518. The van der Waals surface area contributed by atoms with E-state index in [1.54, 1.807) is 0 Å². The third-order valence-corrected chi connectivity index (χ3v) is 1.42. The van der Waals surface area contributed by atoms with Gasteiger partial charge in [-0.25, -0.2) is 14.5 Å². The topological polar surface area (TPSA) is 126 Å². The molecule has 0 amide bonds. The fourth-order valence-electron chi connectivity index (χ4n) is 0.518. The van der Waals surface area contributed by atoms with Crippen molar-refractivity contribution < 1.29 is 59.4 Å². The Balaban J connectivity index is 3.21. The number of rotatable bonds is 13. The van der Waals surface area contributed by atoms with Crippen LogP contribution in [0.15, 0.2) is 24.3 Å². The van der Waals surface area contributed by atoms with E-state index in [0.717, 1.165) is 0 Å². The van der Waals surface area contributed by atoms with Crippen LogP contribution in [-0.2, 0) is 59.4 Å². The van der Waals surface area contributed by atoms with Crippen LogP contribution >= 0.6 is 0 Å². The fraction of sp³-hybridized carbons (Fsp3) is 0.400. The molecule has 0 radical (unpaired) electrons. The average Bonchev–Trinajstić information content (AvgIpc) is 2.47. The zero-order valence-electron chi connectivity index (χ0n) is 11.7. The molecule has 0 rings (SSSR count). The quantitative estimate of drug-likeness (QED) is 0.155. The summed E-state index contributed by atoms with van der Waals surface area (Å²) in [6.07, 6.45) is 0. The largest absolute Gasteiger partial charge is 0.460 e. The third-order valence-electron chi connectivity index (χ3n) is 1.42. The highest BCUT2D eigenvalue weighted by atomic mass is 17.9. The van der Waals surface area contributed by atoms with Crippen molar-refractivity contribution in [2.45, 2.75) is 13.8 Å². The van der Waals surface area contributed by atoms with Crippen molar-refractivity contribution in [3.8, 4) is 0 Å². The van der Waals surface area contributed by atoms with E-state index < -0.39 is 11.9 Å². The summed E-state index contributed by atoms with van der Waals surface area (Å²) >= 11 is 0. The molecule has 22 heavy (non-hydrogen) atoms. The van der Waals surface area contributed by atoms with Crippen LogP contribution in [-0.4, -0.2) is 25.2 Å². The van der Waals surface area contributed by atoms with Crippen LogP contribution in [0, 0.1) is 0 Å². The van der Waals surface area contributed by atoms with Gasteiger partial charge in [-0.3, -0.25) is 4.89 Å². The average molecular weight is 326 g/mol. The van der Waals surface area contributed by atoms with Crippen molar-refractivity contribution in [1.82, 2.24) is 0 Å². The van der Waals surface area contributed by atoms with Gasteiger partial charge in [-0.2, -0.15) is 0 Å². The van der Waals surface area contributed by atoms with Crippen molar-refractivity contribution in [1.29, 1.82) is 0 Å². The van der Waals surface area contributed by atoms with Crippen molar-refractivity contribution in [3.05, 3.63) is 24.3 Å². The summed E-state index contributed by atoms with van der Waals surface area (Å²) in [5.74, 6) is -1.48. The molecule has 0 N–H and O–H groups in total. The second-order valence-corrected chi connectivity index (χ2v) is 3.37. The lowest BCUT2D eigenvalue weighted by molar-refractivity contribution is -0.828. The van der Waals surface area contributed by atoms with Crippen LogP contribution in [0.5, 0.6) is 0 Å². The first-order valence-corrected chi connectivity index (χ1v) is 5.43. The SMILES string of the molecule is C=C(C)C(=O)OCCOOOOOOOOOC(=O)C(=C)C. The van der Waals surface area contributed by atoms with Crippen molar-refractivity contribution in [2.75, 3.05) is 13.2 Å². The molecule has 0 aliphatic carbocycles. The van der Waals surface area contributed by atoms with E-state index in [1.807, 2.05) is 0 Å². The van der Waals surface area contributed by atoms with Gasteiger partial charge in [-0.05, 0) is 29.0 Å². The Morgan fingerprint density at radius 3 is 1.77 bits per heavy atom. The highest BCUT2D eigenvalue weighted by Crippen LogP contribution is 1.95. The van der Waals surface area contributed by atoms with E-state index in [0.29, 0.717) is 0 Å². The van der Waals surface area contributed by atoms with Crippen LogP contribution in [0.25, 0.3) is 0 Å². The molecule has 0 aliphatic heterocycles. The molecule has 12 nitrogen and oxygen atoms in total. The van der Waals surface area contributed by atoms with Crippen molar-refractivity contribution in [2.24, 2.45) is 0 Å². The lowest BCUT2D eigenvalue weighted by atomic mass is 10.4. The van der Waals surface area contributed by atoms with E-state index in [-0.39, 0.29) is 24.4 Å². The maximum absolute atomic E-state index is 10.9. The third kappa shape index (κ3) is 11.9. The van der Waals surface area contributed by atoms with E-state index in [9.17, 15) is 9.59 Å². The molecule has 0 saturated carbocycles. The van der Waals surface area contributed by atoms with Gasteiger partial charge in [0.25, 0.3) is 0 Å². The predicted molar refractivity (Wildman–Crippen MR) is 60.2 cm³/mol. The van der Waals surface area contributed by atoms with Crippen molar-refractivity contribution in [3.63, 3.8) is 0 Å². The Hall–Kier alpha value is -1.90. The van der Waals surface area contributed by atoms with Gasteiger partial charge in [0, 0.05) is 31.3 Å². The van der Waals surface area contributed by atoms with Crippen LogP contribution in [0.3, 0.4) is 0 Å². The summed E-state index contributed by atoms with van der Waals surface area (Å²) < 4.78 is 4.63. The molecule has 0 saturated heterocycles. The molecular formula is C10H14O12. The number of carbonyl (C=O) groups is 2.